The van der Waals surface area contributed by atoms with Crippen LogP contribution in [0.4, 0.5) is 0 Å². The van der Waals surface area contributed by atoms with Crippen molar-refractivity contribution < 1.29 is 46.3 Å². The van der Waals surface area contributed by atoms with E-state index in [1.807, 2.05) is 44.2 Å². The number of benzene rings is 2. The summed E-state index contributed by atoms with van der Waals surface area (Å²) in [4.78, 5) is 22.5. The molecule has 2 unspecified atom stereocenters. The molecule has 0 heterocycles. The van der Waals surface area contributed by atoms with Crippen molar-refractivity contribution in [3.8, 4) is 22.6 Å². The fourth-order valence-corrected chi connectivity index (χ4v) is 7.23. The molecule has 0 spiro atoms. The average Bonchev–Trinajstić information content (AvgIpc) is 2.97. The van der Waals surface area contributed by atoms with Crippen LogP contribution in [-0.2, 0) is 43.7 Å². The summed E-state index contributed by atoms with van der Waals surface area (Å²) in [5, 5.41) is 0. The van der Waals surface area contributed by atoms with Crippen LogP contribution in [-0.4, -0.2) is 51.7 Å². The zero-order chi connectivity index (χ0) is 33.6. The highest BCUT2D eigenvalue weighted by Crippen LogP contribution is 2.56. The molecule has 10 nitrogen and oxygen atoms in total. The monoisotopic (exact) mass is 666 g/mol. The predicted octanol–water partition coefficient (Wildman–Crippen LogP) is 8.77. The minimum Gasteiger partial charge on any atom is -0.466 e. The molecule has 0 aliphatic heterocycles. The molecule has 2 aromatic carbocycles. The molecule has 0 aromatic heterocycles. The fraction of sp³-hybridized carbons (Fsp3) is 0.515. The summed E-state index contributed by atoms with van der Waals surface area (Å²) in [5.41, 5.74) is 4.42. The van der Waals surface area contributed by atoms with E-state index in [0.29, 0.717) is 17.5 Å². The van der Waals surface area contributed by atoms with Crippen LogP contribution in [0.1, 0.15) is 76.5 Å². The molecule has 0 saturated carbocycles. The molecule has 12 heteroatoms. The van der Waals surface area contributed by atoms with Crippen molar-refractivity contribution in [3.05, 3.63) is 53.6 Å². The number of carbonyl (C=O) groups excluding carboxylic acids is 2. The molecule has 0 bridgehead atoms. The summed E-state index contributed by atoms with van der Waals surface area (Å²) in [6.07, 6.45) is 4.02. The third kappa shape index (κ3) is 12.4. The predicted molar refractivity (Wildman–Crippen MR) is 177 cm³/mol. The molecule has 0 N–H and O–H groups in total. The van der Waals surface area contributed by atoms with Crippen molar-refractivity contribution in [2.45, 2.75) is 73.1 Å². The molecule has 45 heavy (non-hydrogen) atoms. The van der Waals surface area contributed by atoms with Crippen LogP contribution in [0.2, 0.25) is 0 Å². The van der Waals surface area contributed by atoms with Crippen LogP contribution >= 0.6 is 15.2 Å². The van der Waals surface area contributed by atoms with Gasteiger partial charge in [0.2, 0.25) is 0 Å². The number of carbonyl (C=O) groups is 2. The van der Waals surface area contributed by atoms with Gasteiger partial charge >= 0.3 is 27.1 Å². The summed E-state index contributed by atoms with van der Waals surface area (Å²) in [6.45, 7) is 12.8. The Labute approximate surface area is 267 Å². The van der Waals surface area contributed by atoms with E-state index in [1.54, 1.807) is 0 Å². The van der Waals surface area contributed by atoms with Crippen molar-refractivity contribution >= 4 is 32.7 Å². The highest BCUT2D eigenvalue weighted by Gasteiger charge is 2.32. The maximum Gasteiger partial charge on any atom is 0.379 e. The SMILES string of the molecule is C=C(C)c1ccc(C)cc1-c1c(OP(=O)(CCCOC(C)=O)OC)cc(CCCCC)cc1OP(=O)(CCCOC(C)=O)OC. The number of hydrogen-bond acceptors (Lipinski definition) is 10. The van der Waals surface area contributed by atoms with Gasteiger partial charge in [0.15, 0.2) is 0 Å². The van der Waals surface area contributed by atoms with Gasteiger partial charge in [0, 0.05) is 28.1 Å². The summed E-state index contributed by atoms with van der Waals surface area (Å²) in [7, 11) is -4.90. The van der Waals surface area contributed by atoms with E-state index in [9.17, 15) is 18.7 Å². The van der Waals surface area contributed by atoms with Crippen molar-refractivity contribution in [1.29, 1.82) is 0 Å². The van der Waals surface area contributed by atoms with E-state index >= 15 is 0 Å². The van der Waals surface area contributed by atoms with E-state index in [2.05, 4.69) is 13.5 Å². The molecule has 0 fully saturated rings. The number of esters is 2. The number of hydrogen-bond donors (Lipinski definition) is 0. The average molecular weight is 667 g/mol. The van der Waals surface area contributed by atoms with Gasteiger partial charge in [-0.15, -0.1) is 0 Å². The van der Waals surface area contributed by atoms with Gasteiger partial charge in [0.1, 0.15) is 11.5 Å². The lowest BCUT2D eigenvalue weighted by atomic mass is 9.91. The van der Waals surface area contributed by atoms with Crippen LogP contribution in [0.5, 0.6) is 11.5 Å². The van der Waals surface area contributed by atoms with E-state index in [1.165, 1.54) is 28.1 Å². The van der Waals surface area contributed by atoms with Crippen LogP contribution in [0.3, 0.4) is 0 Å². The first-order chi connectivity index (χ1) is 21.3. The fourth-order valence-electron chi connectivity index (χ4n) is 4.61. The van der Waals surface area contributed by atoms with Gasteiger partial charge in [-0.2, -0.15) is 0 Å². The second-order valence-electron chi connectivity index (χ2n) is 10.9. The van der Waals surface area contributed by atoms with Crippen LogP contribution in [0.25, 0.3) is 16.7 Å². The minimum atomic E-state index is -3.76. The molecular formula is C33H48O10P2. The Morgan fingerprint density at radius 2 is 1.29 bits per heavy atom. The van der Waals surface area contributed by atoms with Gasteiger partial charge in [-0.3, -0.25) is 9.59 Å². The first kappa shape index (κ1) is 38.3. The first-order valence-electron chi connectivity index (χ1n) is 15.2. The Morgan fingerprint density at radius 3 is 1.71 bits per heavy atom. The van der Waals surface area contributed by atoms with Crippen LogP contribution in [0, 0.1) is 6.92 Å². The van der Waals surface area contributed by atoms with E-state index < -0.39 is 27.1 Å². The highest BCUT2D eigenvalue weighted by molar-refractivity contribution is 7.54. The summed E-state index contributed by atoms with van der Waals surface area (Å²) in [6, 6.07) is 9.46. The molecule has 0 radical (unpaired) electrons. The third-order valence-corrected chi connectivity index (χ3v) is 10.7. The lowest BCUT2D eigenvalue weighted by Crippen LogP contribution is -2.09. The van der Waals surface area contributed by atoms with E-state index in [4.69, 9.17) is 27.6 Å². The number of unbranched alkanes of at least 4 members (excludes halogenated alkanes) is 2. The molecule has 2 atom stereocenters. The largest absolute Gasteiger partial charge is 0.466 e. The van der Waals surface area contributed by atoms with Gasteiger partial charge in [0.05, 0.1) is 31.1 Å². The number of aryl methyl sites for hydroxylation is 2. The standard InChI is InChI=1S/C33H48O10P2/c1-9-10-11-14-28-22-31(42-44(36,38-7)19-12-17-40-26(5)34)33(30-21-25(4)15-16-29(30)24(2)3)32(23-28)43-45(37,39-8)20-13-18-41-27(6)35/h15-16,21-23H,2,9-14,17-20H2,1,3-8H3. The second-order valence-corrected chi connectivity index (χ2v) is 15.3. The molecule has 0 saturated heterocycles. The van der Waals surface area contributed by atoms with E-state index in [0.717, 1.165) is 41.5 Å². The van der Waals surface area contributed by atoms with Gasteiger partial charge in [-0.25, -0.2) is 9.13 Å². The van der Waals surface area contributed by atoms with Crippen molar-refractivity contribution in [3.63, 3.8) is 0 Å². The Hall–Kier alpha value is -2.90. The summed E-state index contributed by atoms with van der Waals surface area (Å²) in [5.74, 6) is -0.414. The summed E-state index contributed by atoms with van der Waals surface area (Å²) >= 11 is 0. The molecule has 2 rings (SSSR count). The lowest BCUT2D eigenvalue weighted by Gasteiger charge is -2.25. The highest BCUT2D eigenvalue weighted by atomic mass is 31.2. The molecule has 2 aromatic rings. The zero-order valence-corrected chi connectivity index (χ0v) is 29.4. The van der Waals surface area contributed by atoms with Crippen molar-refractivity contribution in [1.82, 2.24) is 0 Å². The minimum absolute atomic E-state index is 0.0135. The van der Waals surface area contributed by atoms with Crippen molar-refractivity contribution in [2.75, 3.05) is 39.8 Å². The van der Waals surface area contributed by atoms with Crippen LogP contribution in [0.15, 0.2) is 36.9 Å². The first-order valence-corrected chi connectivity index (χ1v) is 18.6. The second kappa shape index (κ2) is 18.3. The number of rotatable bonds is 20. The lowest BCUT2D eigenvalue weighted by molar-refractivity contribution is -0.141. The third-order valence-electron chi connectivity index (χ3n) is 6.89. The van der Waals surface area contributed by atoms with Crippen molar-refractivity contribution in [2.24, 2.45) is 0 Å². The smallest absolute Gasteiger partial charge is 0.379 e. The zero-order valence-electron chi connectivity index (χ0n) is 27.6. The van der Waals surface area contributed by atoms with Gasteiger partial charge in [-0.1, -0.05) is 55.7 Å². The molecular weight excluding hydrogens is 618 g/mol. The molecule has 0 amide bonds. The Balaban J connectivity index is 2.77. The number of ether oxygens (including phenoxy) is 2. The van der Waals surface area contributed by atoms with Gasteiger partial charge < -0.3 is 27.6 Å². The topological polar surface area (TPSA) is 124 Å². The molecule has 250 valence electrons. The molecule has 0 aliphatic carbocycles. The Morgan fingerprint density at radius 1 is 0.778 bits per heavy atom. The maximum absolute atomic E-state index is 14.0. The van der Waals surface area contributed by atoms with Gasteiger partial charge in [-0.05, 0) is 68.4 Å². The quantitative estimate of drug-likeness (QED) is 0.0769. The van der Waals surface area contributed by atoms with E-state index in [-0.39, 0.29) is 49.9 Å². The molecule has 0 aliphatic rings. The maximum atomic E-state index is 14.0. The summed E-state index contributed by atoms with van der Waals surface area (Å²) < 4.78 is 61.4. The number of allylic oxidation sites excluding steroid dienone is 1. The normalized spacial score (nSPS) is 13.8. The van der Waals surface area contributed by atoms with Crippen LogP contribution < -0.4 is 9.05 Å². The Bertz CT molecular complexity index is 1350. The Kier molecular flexibility index (Phi) is 15.6. The van der Waals surface area contributed by atoms with Gasteiger partial charge in [0.25, 0.3) is 0 Å².